The van der Waals surface area contributed by atoms with Gasteiger partial charge in [0, 0.05) is 17.0 Å². The zero-order valence-electron chi connectivity index (χ0n) is 13.0. The maximum Gasteiger partial charge on any atom is 0.315 e. The molecule has 3 aromatic rings. The van der Waals surface area contributed by atoms with Crippen molar-refractivity contribution in [2.45, 2.75) is 19.8 Å². The average molecular weight is 325 g/mol. The van der Waals surface area contributed by atoms with Crippen molar-refractivity contribution in [3.63, 3.8) is 0 Å². The van der Waals surface area contributed by atoms with Crippen LogP contribution in [0.4, 0.5) is 5.69 Å². The Morgan fingerprint density at radius 1 is 1.25 bits per heavy atom. The first-order chi connectivity index (χ1) is 11.6. The molecule has 0 aliphatic carbocycles. The Bertz CT molecular complexity index is 913. The van der Waals surface area contributed by atoms with E-state index in [0.717, 1.165) is 28.5 Å². The number of esters is 1. The Hall–Kier alpha value is -3.15. The third-order valence-corrected chi connectivity index (χ3v) is 3.72. The Balaban J connectivity index is 1.75. The summed E-state index contributed by atoms with van der Waals surface area (Å²) < 4.78 is 10.7. The van der Waals surface area contributed by atoms with Gasteiger partial charge in [-0.25, -0.2) is 0 Å². The van der Waals surface area contributed by atoms with Gasteiger partial charge < -0.3 is 9.15 Å². The molecule has 122 valence electrons. The molecule has 0 unspecified atom stereocenters. The van der Waals surface area contributed by atoms with Gasteiger partial charge in [0.05, 0.1) is 23.7 Å². The molecule has 0 fully saturated rings. The van der Waals surface area contributed by atoms with E-state index in [9.17, 15) is 14.9 Å². The van der Waals surface area contributed by atoms with E-state index in [0.29, 0.717) is 0 Å². The summed E-state index contributed by atoms with van der Waals surface area (Å²) in [6.45, 7) is 2.06. The molecule has 3 rings (SSSR count). The van der Waals surface area contributed by atoms with Gasteiger partial charge in [0.2, 0.25) is 0 Å². The first-order valence-corrected chi connectivity index (χ1v) is 7.51. The van der Waals surface area contributed by atoms with E-state index >= 15 is 0 Å². The second-order valence-corrected chi connectivity index (χ2v) is 5.35. The number of nitro benzene ring substituents is 1. The zero-order valence-corrected chi connectivity index (χ0v) is 13.0. The minimum atomic E-state index is -0.535. The van der Waals surface area contributed by atoms with Crippen LogP contribution >= 0.6 is 0 Å². The first-order valence-electron chi connectivity index (χ1n) is 7.51. The highest BCUT2D eigenvalue weighted by molar-refractivity contribution is 5.86. The summed E-state index contributed by atoms with van der Waals surface area (Å²) in [5.74, 6) is -0.354. The molecule has 6 heteroatoms. The molecule has 0 amide bonds. The van der Waals surface area contributed by atoms with E-state index < -0.39 is 10.9 Å². The van der Waals surface area contributed by atoms with E-state index in [2.05, 4.69) is 6.92 Å². The molecule has 1 heterocycles. The van der Waals surface area contributed by atoms with Crippen LogP contribution in [0.15, 0.2) is 53.1 Å². The number of ether oxygens (including phenoxy) is 1. The van der Waals surface area contributed by atoms with Gasteiger partial charge in [0.1, 0.15) is 11.3 Å². The Kier molecular flexibility index (Phi) is 4.29. The largest absolute Gasteiger partial charge is 0.464 e. The quantitative estimate of drug-likeness (QED) is 0.306. The number of furan rings is 1. The third kappa shape index (κ3) is 3.27. The van der Waals surface area contributed by atoms with Gasteiger partial charge in [0.25, 0.3) is 5.69 Å². The molecule has 2 aromatic carbocycles. The second-order valence-electron chi connectivity index (χ2n) is 5.35. The molecule has 0 radical (unpaired) electrons. The minimum absolute atomic E-state index is 0.0289. The Morgan fingerprint density at radius 3 is 2.83 bits per heavy atom. The predicted molar refractivity (Wildman–Crippen MR) is 88.0 cm³/mol. The van der Waals surface area contributed by atoms with E-state index in [1.54, 1.807) is 6.26 Å². The van der Waals surface area contributed by atoms with Crippen LogP contribution in [0.3, 0.4) is 0 Å². The molecule has 0 saturated heterocycles. The summed E-state index contributed by atoms with van der Waals surface area (Å²) in [7, 11) is 0. The van der Waals surface area contributed by atoms with E-state index in [-0.39, 0.29) is 17.9 Å². The van der Waals surface area contributed by atoms with Gasteiger partial charge in [-0.1, -0.05) is 25.1 Å². The van der Waals surface area contributed by atoms with Crippen LogP contribution in [0.2, 0.25) is 0 Å². The number of fused-ring (bicyclic) bond motifs is 1. The highest BCUT2D eigenvalue weighted by Gasteiger charge is 2.14. The molecule has 0 spiro atoms. The first kappa shape index (κ1) is 15.7. The van der Waals surface area contributed by atoms with Crippen LogP contribution in [0.5, 0.6) is 5.75 Å². The van der Waals surface area contributed by atoms with Crippen LogP contribution in [-0.4, -0.2) is 10.9 Å². The fourth-order valence-corrected chi connectivity index (χ4v) is 2.47. The Labute approximate surface area is 137 Å². The van der Waals surface area contributed by atoms with Crippen LogP contribution in [0.25, 0.3) is 11.0 Å². The number of aryl methyl sites for hydroxylation is 1. The van der Waals surface area contributed by atoms with Gasteiger partial charge >= 0.3 is 5.97 Å². The maximum absolute atomic E-state index is 12.1. The number of rotatable bonds is 5. The van der Waals surface area contributed by atoms with Crippen molar-refractivity contribution in [3.8, 4) is 5.75 Å². The molecule has 24 heavy (non-hydrogen) atoms. The van der Waals surface area contributed by atoms with Crippen molar-refractivity contribution in [1.82, 2.24) is 0 Å². The lowest BCUT2D eigenvalue weighted by Crippen LogP contribution is -2.11. The van der Waals surface area contributed by atoms with Crippen molar-refractivity contribution in [1.29, 1.82) is 0 Å². The molecular formula is C18H15NO5. The summed E-state index contributed by atoms with van der Waals surface area (Å²) in [5.41, 5.74) is 2.49. The van der Waals surface area contributed by atoms with E-state index in [1.807, 2.05) is 18.2 Å². The SMILES string of the molecule is CCc1ccc2c(CC(=O)Oc3cccc([N+](=O)[O-])c3)coc2c1. The van der Waals surface area contributed by atoms with Crippen LogP contribution in [0, 0.1) is 10.1 Å². The number of carbonyl (C=O) groups is 1. The number of hydrogen-bond donors (Lipinski definition) is 0. The van der Waals surface area contributed by atoms with Gasteiger partial charge in [-0.15, -0.1) is 0 Å². The number of nitrogens with zero attached hydrogens (tertiary/aromatic N) is 1. The smallest absolute Gasteiger partial charge is 0.315 e. The normalized spacial score (nSPS) is 10.7. The van der Waals surface area contributed by atoms with Crippen LogP contribution < -0.4 is 4.74 Å². The van der Waals surface area contributed by atoms with Gasteiger partial charge in [0.15, 0.2) is 0 Å². The summed E-state index contributed by atoms with van der Waals surface area (Å²) in [4.78, 5) is 22.3. The Morgan fingerprint density at radius 2 is 2.08 bits per heavy atom. The number of nitro groups is 1. The van der Waals surface area contributed by atoms with Crippen LogP contribution in [-0.2, 0) is 17.6 Å². The monoisotopic (exact) mass is 325 g/mol. The van der Waals surface area contributed by atoms with Crippen molar-refractivity contribution in [3.05, 3.63) is 70.0 Å². The summed E-state index contributed by atoms with van der Waals surface area (Å²) in [6.07, 6.45) is 2.47. The molecule has 0 bridgehead atoms. The van der Waals surface area contributed by atoms with Gasteiger partial charge in [-0.05, 0) is 24.1 Å². The number of carbonyl (C=O) groups excluding carboxylic acids is 1. The standard InChI is InChI=1S/C18H15NO5/c1-2-12-6-7-16-13(11-23-17(16)8-12)9-18(20)24-15-5-3-4-14(10-15)19(21)22/h3-8,10-11H,2,9H2,1H3. The summed E-state index contributed by atoms with van der Waals surface area (Å²) in [5, 5.41) is 11.6. The topological polar surface area (TPSA) is 82.6 Å². The summed E-state index contributed by atoms with van der Waals surface area (Å²) >= 11 is 0. The number of hydrogen-bond acceptors (Lipinski definition) is 5. The lowest BCUT2D eigenvalue weighted by molar-refractivity contribution is -0.384. The second kappa shape index (κ2) is 6.54. The fourth-order valence-electron chi connectivity index (χ4n) is 2.47. The molecular weight excluding hydrogens is 310 g/mol. The summed E-state index contributed by atoms with van der Waals surface area (Å²) in [6, 6.07) is 11.4. The lowest BCUT2D eigenvalue weighted by Gasteiger charge is -2.03. The molecule has 0 aliphatic heterocycles. The zero-order chi connectivity index (χ0) is 17.1. The lowest BCUT2D eigenvalue weighted by atomic mass is 10.1. The molecule has 0 atom stereocenters. The van der Waals surface area contributed by atoms with Crippen molar-refractivity contribution in [2.24, 2.45) is 0 Å². The maximum atomic E-state index is 12.1. The predicted octanol–water partition coefficient (Wildman–Crippen LogP) is 4.05. The molecule has 6 nitrogen and oxygen atoms in total. The fraction of sp³-hybridized carbons (Fsp3) is 0.167. The van der Waals surface area contributed by atoms with Gasteiger partial charge in [-0.2, -0.15) is 0 Å². The molecule has 0 N–H and O–H groups in total. The van der Waals surface area contributed by atoms with Crippen molar-refractivity contribution in [2.75, 3.05) is 0 Å². The van der Waals surface area contributed by atoms with E-state index in [1.165, 1.54) is 24.3 Å². The van der Waals surface area contributed by atoms with Crippen molar-refractivity contribution >= 4 is 22.6 Å². The van der Waals surface area contributed by atoms with E-state index in [4.69, 9.17) is 9.15 Å². The number of benzene rings is 2. The third-order valence-electron chi connectivity index (χ3n) is 3.72. The minimum Gasteiger partial charge on any atom is -0.464 e. The molecule has 1 aromatic heterocycles. The molecule has 0 saturated carbocycles. The highest BCUT2D eigenvalue weighted by Crippen LogP contribution is 2.24. The van der Waals surface area contributed by atoms with Crippen LogP contribution in [0.1, 0.15) is 18.1 Å². The average Bonchev–Trinajstić information content (AvgIpc) is 2.97. The molecule has 0 aliphatic rings. The van der Waals surface area contributed by atoms with Gasteiger partial charge in [-0.3, -0.25) is 14.9 Å². The van der Waals surface area contributed by atoms with Crippen molar-refractivity contribution < 1.29 is 18.9 Å². The number of non-ortho nitro benzene ring substituents is 1. The highest BCUT2D eigenvalue weighted by atomic mass is 16.6.